The maximum Gasteiger partial charge on any atom is 0.330 e. The molecular weight excluding hydrogens is 595 g/mol. The van der Waals surface area contributed by atoms with Gasteiger partial charge >= 0.3 is 6.03 Å². The number of hydrogen-bond donors (Lipinski definition) is 1. The molecule has 0 bridgehead atoms. The Kier molecular flexibility index (Phi) is 7.90. The average Bonchev–Trinajstić information content (AvgIpc) is 2.96. The molecule has 0 spiro atoms. The Morgan fingerprint density at radius 1 is 1.24 bits per heavy atom. The summed E-state index contributed by atoms with van der Waals surface area (Å²) < 4.78 is 7.25. The fraction of sp³-hybridized carbons (Fsp3) is 0.370. The molecule has 1 unspecified atom stereocenters. The van der Waals surface area contributed by atoms with Gasteiger partial charge in [0.1, 0.15) is 17.7 Å². The number of rotatable bonds is 5. The third-order valence-electron chi connectivity index (χ3n) is 6.74. The van der Waals surface area contributed by atoms with Crippen LogP contribution in [0.4, 0.5) is 22.1 Å². The van der Waals surface area contributed by atoms with E-state index >= 15 is 0 Å². The Bertz CT molecular complexity index is 1340. The molecule has 1 fully saturated rings. The van der Waals surface area contributed by atoms with Crippen LogP contribution in [0.15, 0.2) is 42.6 Å². The second-order valence-corrected chi connectivity index (χ2v) is 10.2. The Labute approximate surface area is 236 Å². The summed E-state index contributed by atoms with van der Waals surface area (Å²) in [5.74, 6) is 2.44. The third-order valence-corrected chi connectivity index (χ3v) is 7.74. The molecule has 2 aliphatic rings. The zero-order valence-corrected chi connectivity index (χ0v) is 23.6. The van der Waals surface area contributed by atoms with Gasteiger partial charge < -0.3 is 19.9 Å². The van der Waals surface area contributed by atoms with Gasteiger partial charge in [-0.25, -0.2) is 22.9 Å². The van der Waals surface area contributed by atoms with Gasteiger partial charge in [0.25, 0.3) is 0 Å². The van der Waals surface area contributed by atoms with Crippen LogP contribution in [-0.2, 0) is 17.7 Å². The van der Waals surface area contributed by atoms with Gasteiger partial charge in [0.15, 0.2) is 5.82 Å². The van der Waals surface area contributed by atoms with Crippen molar-refractivity contribution in [3.63, 3.8) is 0 Å². The van der Waals surface area contributed by atoms with Gasteiger partial charge in [-0.3, -0.25) is 0 Å². The van der Waals surface area contributed by atoms with Crippen LogP contribution in [-0.4, -0.2) is 59.9 Å². The van der Waals surface area contributed by atoms with Crippen molar-refractivity contribution in [1.82, 2.24) is 20.3 Å². The van der Waals surface area contributed by atoms with Crippen molar-refractivity contribution in [3.05, 3.63) is 59.4 Å². The number of amides is 2. The van der Waals surface area contributed by atoms with Crippen LogP contribution >= 0.6 is 22.9 Å². The third kappa shape index (κ3) is 5.37. The molecule has 0 radical (unpaired) electrons. The SMILES string of the molecule is CCNC(=O)N(I)c1ccc(-c2nc3c(c(N4CCOCC4C)n2)CCN(c2ccc(C#N)cn2)C3)cc1. The van der Waals surface area contributed by atoms with Crippen LogP contribution in [0.25, 0.3) is 11.4 Å². The molecule has 1 aromatic carbocycles. The standard InChI is InChI=1S/C27H29IN8O2/c1-3-30-27(37)36(28)21-7-5-20(6-8-21)25-32-23-16-34(24-9-4-19(14-29)15-31-24)11-10-22(23)26(33-25)35-12-13-38-17-18(35)2/h4-9,15,18H,3,10-13,16-17H2,1-2H3,(H,30,37). The largest absolute Gasteiger partial charge is 0.377 e. The fourth-order valence-corrected chi connectivity index (χ4v) is 5.23. The second kappa shape index (κ2) is 11.5. The summed E-state index contributed by atoms with van der Waals surface area (Å²) in [5.41, 5.74) is 4.34. The summed E-state index contributed by atoms with van der Waals surface area (Å²) in [4.78, 5) is 31.4. The van der Waals surface area contributed by atoms with Crippen LogP contribution in [0.5, 0.6) is 0 Å². The number of pyridine rings is 1. The highest BCUT2D eigenvalue weighted by atomic mass is 127. The molecule has 11 heteroatoms. The monoisotopic (exact) mass is 624 g/mol. The molecule has 1 N–H and O–H groups in total. The Morgan fingerprint density at radius 2 is 2.05 bits per heavy atom. The van der Waals surface area contributed by atoms with Crippen LogP contribution in [0.3, 0.4) is 0 Å². The summed E-state index contributed by atoms with van der Waals surface area (Å²) in [7, 11) is 0. The Balaban J connectivity index is 1.50. The lowest BCUT2D eigenvalue weighted by Crippen LogP contribution is -2.45. The number of carbonyl (C=O) groups excluding carboxylic acids is 1. The number of nitrogens with one attached hydrogen (secondary N) is 1. The lowest BCUT2D eigenvalue weighted by atomic mass is 10.0. The van der Waals surface area contributed by atoms with E-state index < -0.39 is 0 Å². The van der Waals surface area contributed by atoms with Gasteiger partial charge in [0.05, 0.1) is 65.6 Å². The Hall–Kier alpha value is -3.50. The number of benzene rings is 1. The maximum absolute atomic E-state index is 12.2. The maximum atomic E-state index is 12.2. The number of carbonyl (C=O) groups is 1. The lowest BCUT2D eigenvalue weighted by molar-refractivity contribution is 0.0984. The van der Waals surface area contributed by atoms with E-state index in [2.05, 4.69) is 33.1 Å². The molecule has 0 aliphatic carbocycles. The molecule has 38 heavy (non-hydrogen) atoms. The van der Waals surface area contributed by atoms with Crippen molar-refractivity contribution in [3.8, 4) is 17.5 Å². The average molecular weight is 624 g/mol. The van der Waals surface area contributed by atoms with E-state index in [4.69, 9.17) is 20.0 Å². The predicted octanol–water partition coefficient (Wildman–Crippen LogP) is 4.08. The minimum absolute atomic E-state index is 0.161. The van der Waals surface area contributed by atoms with Gasteiger partial charge in [-0.15, -0.1) is 0 Å². The molecular formula is C27H29IN8O2. The van der Waals surface area contributed by atoms with Crippen molar-refractivity contribution in [1.29, 1.82) is 5.26 Å². The number of urea groups is 1. The quantitative estimate of drug-likeness (QED) is 0.334. The number of halogens is 1. The van der Waals surface area contributed by atoms with E-state index in [1.807, 2.05) is 60.1 Å². The van der Waals surface area contributed by atoms with E-state index in [1.54, 1.807) is 15.4 Å². The number of aromatic nitrogens is 3. The zero-order valence-electron chi connectivity index (χ0n) is 21.4. The molecule has 0 saturated carbocycles. The first-order valence-corrected chi connectivity index (χ1v) is 13.6. The highest BCUT2D eigenvalue weighted by Gasteiger charge is 2.29. The summed E-state index contributed by atoms with van der Waals surface area (Å²) in [6.45, 7) is 8.12. The first-order chi connectivity index (χ1) is 18.5. The van der Waals surface area contributed by atoms with E-state index in [0.29, 0.717) is 37.7 Å². The van der Waals surface area contributed by atoms with E-state index in [1.165, 1.54) is 5.56 Å². The lowest BCUT2D eigenvalue weighted by Gasteiger charge is -2.38. The van der Waals surface area contributed by atoms with Gasteiger partial charge in [-0.2, -0.15) is 5.26 Å². The number of nitrogens with zero attached hydrogens (tertiary/aromatic N) is 7. The number of anilines is 3. The molecule has 2 aliphatic heterocycles. The number of ether oxygens (including phenoxy) is 1. The van der Waals surface area contributed by atoms with Gasteiger partial charge in [0, 0.05) is 37.0 Å². The fourth-order valence-electron chi connectivity index (χ4n) is 4.73. The Morgan fingerprint density at radius 3 is 2.74 bits per heavy atom. The first-order valence-electron chi connectivity index (χ1n) is 12.7. The van der Waals surface area contributed by atoms with Crippen molar-refractivity contribution >= 4 is 46.2 Å². The summed E-state index contributed by atoms with van der Waals surface area (Å²) in [6.07, 6.45) is 2.40. The highest BCUT2D eigenvalue weighted by Crippen LogP contribution is 2.33. The van der Waals surface area contributed by atoms with Gasteiger partial charge in [0.2, 0.25) is 0 Å². The normalized spacial score (nSPS) is 16.9. The summed E-state index contributed by atoms with van der Waals surface area (Å²) in [5, 5.41) is 11.9. The molecule has 4 heterocycles. The molecule has 1 saturated heterocycles. The minimum atomic E-state index is -0.161. The molecule has 2 aromatic heterocycles. The van der Waals surface area contributed by atoms with Gasteiger partial charge in [-0.05, 0) is 56.7 Å². The number of nitriles is 1. The van der Waals surface area contributed by atoms with E-state index in [9.17, 15) is 4.79 Å². The van der Waals surface area contributed by atoms with Crippen molar-refractivity contribution < 1.29 is 9.53 Å². The van der Waals surface area contributed by atoms with Crippen LogP contribution < -0.4 is 18.2 Å². The molecule has 2 amide bonds. The predicted molar refractivity (Wildman–Crippen MR) is 154 cm³/mol. The minimum Gasteiger partial charge on any atom is -0.377 e. The van der Waals surface area contributed by atoms with Crippen molar-refractivity contribution in [2.24, 2.45) is 0 Å². The van der Waals surface area contributed by atoms with E-state index in [-0.39, 0.29) is 12.1 Å². The smallest absolute Gasteiger partial charge is 0.330 e. The number of morpholine rings is 1. The van der Waals surface area contributed by atoms with Crippen molar-refractivity contribution in [2.75, 3.05) is 45.8 Å². The topological polar surface area (TPSA) is 111 Å². The summed E-state index contributed by atoms with van der Waals surface area (Å²) in [6, 6.07) is 13.6. The molecule has 1 atom stereocenters. The van der Waals surface area contributed by atoms with Crippen molar-refractivity contribution in [2.45, 2.75) is 32.9 Å². The van der Waals surface area contributed by atoms with Crippen LogP contribution in [0.1, 0.15) is 30.7 Å². The first kappa shape index (κ1) is 26.1. The van der Waals surface area contributed by atoms with Crippen LogP contribution in [0, 0.1) is 11.3 Å². The zero-order chi connectivity index (χ0) is 26.6. The number of hydrogen-bond acceptors (Lipinski definition) is 8. The molecule has 196 valence electrons. The molecule has 10 nitrogen and oxygen atoms in total. The van der Waals surface area contributed by atoms with Gasteiger partial charge in [-0.1, -0.05) is 0 Å². The second-order valence-electron chi connectivity index (χ2n) is 9.27. The highest BCUT2D eigenvalue weighted by molar-refractivity contribution is 14.1. The molecule has 3 aromatic rings. The van der Waals surface area contributed by atoms with Crippen LogP contribution in [0.2, 0.25) is 0 Å². The molecule has 5 rings (SSSR count). The van der Waals surface area contributed by atoms with E-state index in [0.717, 1.165) is 48.1 Å². The number of fused-ring (bicyclic) bond motifs is 1. The summed E-state index contributed by atoms with van der Waals surface area (Å²) >= 11 is 2.00.